The average molecular weight is 325 g/mol. The van der Waals surface area contributed by atoms with E-state index in [9.17, 15) is 9.59 Å². The number of carbonyl (C=O) groups excluding carboxylic acids is 1. The molecule has 0 aliphatic heterocycles. The normalized spacial score (nSPS) is 12.4. The van der Waals surface area contributed by atoms with Crippen LogP contribution in [0.4, 0.5) is 0 Å². The van der Waals surface area contributed by atoms with E-state index >= 15 is 0 Å². The summed E-state index contributed by atoms with van der Waals surface area (Å²) in [6, 6.07) is -1.16. The molecule has 0 radical (unpaired) electrons. The number of aliphatic hydroxyl groups is 1. The quantitative estimate of drug-likeness (QED) is 0.262. The zero-order valence-corrected chi connectivity index (χ0v) is 16.5. The van der Waals surface area contributed by atoms with E-state index in [1.807, 2.05) is 6.29 Å². The van der Waals surface area contributed by atoms with Gasteiger partial charge in [-0.3, -0.25) is 11.1 Å². The van der Waals surface area contributed by atoms with Crippen LogP contribution in [0.2, 0.25) is 0 Å². The summed E-state index contributed by atoms with van der Waals surface area (Å²) in [6.45, 7) is 3.58. The van der Waals surface area contributed by atoms with Crippen LogP contribution >= 0.6 is 0 Å². The molecule has 0 saturated carbocycles. The van der Waals surface area contributed by atoms with Crippen molar-refractivity contribution in [3.05, 3.63) is 0 Å². The molecule has 126 valence electrons. The molecule has 0 fully saturated rings. The molecule has 2 atom stereocenters. The molecule has 4 N–H and O–H groups in total. The van der Waals surface area contributed by atoms with Crippen LogP contribution in [0.1, 0.15) is 78.1 Å². The molecular weight excluding hydrogens is 293 g/mol. The van der Waals surface area contributed by atoms with E-state index in [-0.39, 0.29) is 29.6 Å². The van der Waals surface area contributed by atoms with Crippen LogP contribution in [-0.2, 0) is 9.59 Å². The maximum atomic E-state index is 9.89. The van der Waals surface area contributed by atoms with Gasteiger partial charge in [0.15, 0.2) is 0 Å². The van der Waals surface area contributed by atoms with Gasteiger partial charge in [-0.2, -0.15) is 6.42 Å². The van der Waals surface area contributed by atoms with Gasteiger partial charge in [0.1, 0.15) is 6.04 Å². The number of carbonyl (C=O) groups is 1. The van der Waals surface area contributed by atoms with Gasteiger partial charge in [0.05, 0.1) is 6.10 Å². The largest absolute Gasteiger partial charge is 1.00 e. The molecule has 0 heterocycles. The minimum absolute atomic E-state index is 0. The fourth-order valence-corrected chi connectivity index (χ4v) is 1.71. The van der Waals surface area contributed by atoms with Gasteiger partial charge in [0, 0.05) is 0 Å². The average Bonchev–Trinajstić information content (AvgIpc) is 2.45. The summed E-state index contributed by atoms with van der Waals surface area (Å²) in [7, 11) is 0. The Morgan fingerprint density at radius 2 is 1.45 bits per heavy atom. The zero-order chi connectivity index (χ0) is 16.5. The van der Waals surface area contributed by atoms with E-state index in [0.29, 0.717) is 6.42 Å². The van der Waals surface area contributed by atoms with Gasteiger partial charge in [-0.1, -0.05) is 64.7 Å². The Morgan fingerprint density at radius 3 is 1.73 bits per heavy atom. The Morgan fingerprint density at radius 1 is 1.05 bits per heavy atom. The summed E-state index contributed by atoms with van der Waals surface area (Å²) in [6.07, 6.45) is 13.4. The number of nitrogens with two attached hydrogens (primary N) is 1. The smallest absolute Gasteiger partial charge is 0.542 e. The number of carboxylic acids is 1. The Labute approximate surface area is 157 Å². The van der Waals surface area contributed by atoms with Crippen LogP contribution in [0, 0.1) is 0 Å². The molecular formula is C16H32NNaO4. The third-order valence-corrected chi connectivity index (χ3v) is 3.19. The molecule has 22 heavy (non-hydrogen) atoms. The van der Waals surface area contributed by atoms with Crippen molar-refractivity contribution in [1.29, 1.82) is 0 Å². The Bertz CT molecular complexity index is 250. The molecule has 0 saturated heterocycles. The summed E-state index contributed by atoms with van der Waals surface area (Å²) in [5.41, 5.74) is 4.91. The standard InChI is InChI=1S/C12H23O.C4H9NO3.Na/c1-2-3-4-5-6-7-8-9-10-11-12-13;1-2(6)3(5)4(7)8;/h2-11H2,1H3;2-3,6H,5H2,1H3,(H,7,8);/q-1;;+1/t;2-,3+;/m.1./s1. The summed E-state index contributed by atoms with van der Waals surface area (Å²) in [4.78, 5) is 19.7. The van der Waals surface area contributed by atoms with E-state index in [1.165, 1.54) is 58.3 Å². The Balaban J connectivity index is -0.000000348. The number of hydrogen-bond acceptors (Lipinski definition) is 4. The van der Waals surface area contributed by atoms with Crippen LogP contribution < -0.4 is 35.3 Å². The van der Waals surface area contributed by atoms with Crippen molar-refractivity contribution in [3.63, 3.8) is 0 Å². The number of rotatable bonds is 12. The van der Waals surface area contributed by atoms with Crippen molar-refractivity contribution in [3.8, 4) is 0 Å². The Hall–Kier alpha value is 0.0600. The molecule has 0 bridgehead atoms. The molecule has 0 rings (SSSR count). The second-order valence-electron chi connectivity index (χ2n) is 5.33. The van der Waals surface area contributed by atoms with Crippen molar-refractivity contribution < 1.29 is 49.4 Å². The number of aliphatic carboxylic acids is 1. The van der Waals surface area contributed by atoms with E-state index in [1.54, 1.807) is 0 Å². The minimum atomic E-state index is -1.18. The zero-order valence-electron chi connectivity index (χ0n) is 14.5. The summed E-state index contributed by atoms with van der Waals surface area (Å²) < 4.78 is 0. The third kappa shape index (κ3) is 22.3. The molecule has 5 nitrogen and oxygen atoms in total. The van der Waals surface area contributed by atoms with Gasteiger partial charge in [0.25, 0.3) is 0 Å². The van der Waals surface area contributed by atoms with Crippen molar-refractivity contribution in [2.75, 3.05) is 0 Å². The van der Waals surface area contributed by atoms with Gasteiger partial charge >= 0.3 is 35.5 Å². The van der Waals surface area contributed by atoms with Gasteiger partial charge in [-0.25, -0.2) is 0 Å². The van der Waals surface area contributed by atoms with Gasteiger partial charge in [0.2, 0.25) is 0 Å². The SMILES string of the molecule is CCCCCCCCCCC[C-]=O.C[C@@H](O)[C@H](N)C(=O)O.[Na+]. The van der Waals surface area contributed by atoms with Gasteiger partial charge < -0.3 is 20.7 Å². The predicted molar refractivity (Wildman–Crippen MR) is 84.8 cm³/mol. The van der Waals surface area contributed by atoms with E-state index < -0.39 is 18.1 Å². The molecule has 0 aromatic heterocycles. The van der Waals surface area contributed by atoms with Crippen molar-refractivity contribution in [2.24, 2.45) is 5.73 Å². The number of hydrogen-bond donors (Lipinski definition) is 3. The second kappa shape index (κ2) is 21.1. The maximum absolute atomic E-state index is 9.89. The number of unbranched alkanes of at least 4 members (excludes halogenated alkanes) is 9. The van der Waals surface area contributed by atoms with Crippen LogP contribution in [0.5, 0.6) is 0 Å². The molecule has 0 amide bonds. The number of carboxylic acid groups (broad SMARTS) is 1. The summed E-state index contributed by atoms with van der Waals surface area (Å²) >= 11 is 0. The van der Waals surface area contributed by atoms with Crippen LogP contribution in [0.25, 0.3) is 0 Å². The Kier molecular flexibility index (Phi) is 25.8. The van der Waals surface area contributed by atoms with Gasteiger partial charge in [-0.15, -0.1) is 0 Å². The second-order valence-corrected chi connectivity index (χ2v) is 5.33. The first-order valence-electron chi connectivity index (χ1n) is 7.98. The molecule has 0 aliphatic rings. The minimum Gasteiger partial charge on any atom is -0.542 e. The summed E-state index contributed by atoms with van der Waals surface area (Å²) in [5.74, 6) is -1.18. The van der Waals surface area contributed by atoms with Crippen LogP contribution in [-0.4, -0.2) is 34.6 Å². The van der Waals surface area contributed by atoms with E-state index in [4.69, 9.17) is 15.9 Å². The molecule has 6 heteroatoms. The first-order valence-corrected chi connectivity index (χ1v) is 7.98. The predicted octanol–water partition coefficient (Wildman–Crippen LogP) is -0.200. The van der Waals surface area contributed by atoms with E-state index in [0.717, 1.165) is 6.42 Å². The van der Waals surface area contributed by atoms with Crippen molar-refractivity contribution >= 4 is 12.3 Å². The fraction of sp³-hybridized carbons (Fsp3) is 0.875. The molecule has 0 aliphatic carbocycles. The first kappa shape index (κ1) is 26.9. The topological polar surface area (TPSA) is 101 Å². The van der Waals surface area contributed by atoms with Crippen molar-refractivity contribution in [2.45, 2.75) is 90.2 Å². The molecule has 0 aromatic rings. The monoisotopic (exact) mass is 325 g/mol. The summed E-state index contributed by atoms with van der Waals surface area (Å²) in [5, 5.41) is 16.6. The fourth-order valence-electron chi connectivity index (χ4n) is 1.71. The maximum Gasteiger partial charge on any atom is 1.00 e. The first-order chi connectivity index (χ1) is 9.97. The number of aliphatic hydroxyl groups excluding tert-OH is 1. The van der Waals surface area contributed by atoms with Crippen molar-refractivity contribution in [1.82, 2.24) is 0 Å². The molecule has 0 spiro atoms. The third-order valence-electron chi connectivity index (χ3n) is 3.19. The van der Waals surface area contributed by atoms with Crippen LogP contribution in [0.3, 0.4) is 0 Å². The van der Waals surface area contributed by atoms with Gasteiger partial charge in [-0.05, 0) is 6.92 Å². The van der Waals surface area contributed by atoms with Crippen LogP contribution in [0.15, 0.2) is 0 Å². The molecule has 0 unspecified atom stereocenters. The molecule has 0 aromatic carbocycles. The van der Waals surface area contributed by atoms with E-state index in [2.05, 4.69) is 6.92 Å².